The van der Waals surface area contributed by atoms with Crippen LogP contribution in [0.2, 0.25) is 5.15 Å². The number of benzene rings is 2. The van der Waals surface area contributed by atoms with E-state index in [2.05, 4.69) is 122 Å². The van der Waals surface area contributed by atoms with Crippen molar-refractivity contribution in [3.05, 3.63) is 181 Å². The number of thiol groups is 1. The Labute approximate surface area is 536 Å². The number of nitrogens with zero attached hydrogens (tertiary/aromatic N) is 17. The molecule has 17 rings (SSSR count). The van der Waals surface area contributed by atoms with E-state index in [0.717, 1.165) is 89.2 Å². The Morgan fingerprint density at radius 1 is 0.560 bits per heavy atom. The van der Waals surface area contributed by atoms with Gasteiger partial charge >= 0.3 is 39.0 Å². The van der Waals surface area contributed by atoms with Gasteiger partial charge in [0.15, 0.2) is 45.6 Å². The first-order valence-corrected chi connectivity index (χ1v) is 28.8. The number of rotatable bonds is 6. The van der Waals surface area contributed by atoms with Crippen LogP contribution in [-0.2, 0) is 9.31 Å². The molecule has 12 aromatic heterocycles. The van der Waals surface area contributed by atoms with E-state index in [1.807, 2.05) is 111 Å². The summed E-state index contributed by atoms with van der Waals surface area (Å²) in [5.41, 5.74) is 11.3. The number of imidazole rings is 4. The molecule has 0 saturated carbocycles. The molecule has 1 saturated heterocycles. The SMILES string of the molecule is Brc1cnc2ccc(-c3cn[nH]c3)nn12.CC1(C)OB(c2cn[nH]c2)OC1(C)C.Clc1ccc2nccn2n1.OB(O)c1ccc2c(c1)OCO2.[B]=NS.c1cn2nc(-c3cn[nH]c3)ccc2n1.c1n[nH]cc1-c1ccc2ncc(-c3ccc4c(c3)OCO4)n2n1. The Morgan fingerprint density at radius 3 is 1.60 bits per heavy atom. The van der Waals surface area contributed by atoms with Crippen molar-refractivity contribution < 1.29 is 38.3 Å². The number of halogens is 2. The first-order chi connectivity index (χ1) is 44.1. The molecule has 0 spiro atoms. The molecule has 2 aromatic carbocycles. The van der Waals surface area contributed by atoms with Crippen LogP contribution >= 0.6 is 40.3 Å². The summed E-state index contributed by atoms with van der Waals surface area (Å²) in [5, 5.41) is 62.2. The molecule has 29 nitrogen and oxygen atoms in total. The molecule has 1 radical (unpaired) electrons. The summed E-state index contributed by atoms with van der Waals surface area (Å²) in [6.07, 6.45) is 24.7. The van der Waals surface area contributed by atoms with Crippen molar-refractivity contribution in [1.29, 1.82) is 0 Å². The van der Waals surface area contributed by atoms with Gasteiger partial charge < -0.3 is 38.3 Å². The molecule has 457 valence electrons. The average Bonchev–Trinajstić information content (AvgIpc) is 1.72. The first-order valence-electron chi connectivity index (χ1n) is 27.3. The van der Waals surface area contributed by atoms with E-state index >= 15 is 0 Å². The topological polar surface area (TPSA) is 344 Å². The van der Waals surface area contributed by atoms with Crippen molar-refractivity contribution in [2.24, 2.45) is 4.30 Å². The molecule has 15 heterocycles. The normalized spacial score (nSPS) is 13.5. The van der Waals surface area contributed by atoms with Gasteiger partial charge in [-0.15, -0.1) is 0 Å². The number of aromatic nitrogens is 20. The predicted molar refractivity (Wildman–Crippen MR) is 343 cm³/mol. The van der Waals surface area contributed by atoms with E-state index < -0.39 is 7.12 Å². The van der Waals surface area contributed by atoms with Crippen LogP contribution in [0.25, 0.3) is 67.6 Å². The van der Waals surface area contributed by atoms with Crippen molar-refractivity contribution in [1.82, 2.24) is 99.2 Å². The van der Waals surface area contributed by atoms with E-state index in [0.29, 0.717) is 22.1 Å². The molecule has 0 amide bonds. The van der Waals surface area contributed by atoms with Gasteiger partial charge in [-0.1, -0.05) is 17.7 Å². The molecule has 3 aliphatic rings. The van der Waals surface area contributed by atoms with Gasteiger partial charge in [0.05, 0.1) is 65.0 Å². The molecule has 0 aliphatic carbocycles. The summed E-state index contributed by atoms with van der Waals surface area (Å²) < 4.78 is 43.0. The second-order valence-corrected chi connectivity index (χ2v) is 21.7. The third kappa shape index (κ3) is 14.8. The fourth-order valence-corrected chi connectivity index (χ4v) is 9.16. The standard InChI is InChI=1S/C16H11N5O2.C9H15BN2O2.C9H6BrN5.C9H7N5.C7H7BO4.C6H4ClN3.BHNS/c1-3-14-15(23-9-22-14)5-10(1)13-8-17-16-4-2-12(20-21(13)16)11-6-18-19-7-11;1-8(2)9(3,4)14-10(13-8)7-5-11-12-6-7;10-8-5-11-9-2-1-7(14-15(8)9)6-3-12-13-4-6;1-2-9-10-3-4-14(9)13-8(1)7-5-11-12-6-7;9-8(10)5-1-2-6-7(3-5)12-4-11-6;7-5-1-2-6-8-3-4-10(6)9-5;1-2-3/h1-8H,9H2,(H,18,19);5-6H,1-4H3,(H,11,12);1-5H,(H,12,13);1-6H,(H,11,12);1-3,9-10H,4H2;1-4H;3H. The third-order valence-electron chi connectivity index (χ3n) is 14.0. The summed E-state index contributed by atoms with van der Waals surface area (Å²) >= 11 is 12.2. The number of aromatic amines is 4. The number of ether oxygens (including phenoxy) is 4. The second kappa shape index (κ2) is 28.2. The van der Waals surface area contributed by atoms with Gasteiger partial charge in [0, 0.05) is 83.5 Å². The van der Waals surface area contributed by atoms with Crippen LogP contribution in [0.3, 0.4) is 0 Å². The van der Waals surface area contributed by atoms with Crippen molar-refractivity contribution >= 4 is 95.7 Å². The van der Waals surface area contributed by atoms with E-state index in [4.69, 9.17) is 49.9 Å². The van der Waals surface area contributed by atoms with Crippen LogP contribution in [0.1, 0.15) is 27.7 Å². The molecular weight excluding hydrogens is 1270 g/mol. The first kappa shape index (κ1) is 62.5. The Bertz CT molecular complexity index is 4660. The number of nitrogens with one attached hydrogen (secondary N) is 4. The Morgan fingerprint density at radius 2 is 1.04 bits per heavy atom. The Kier molecular flexibility index (Phi) is 19.4. The largest absolute Gasteiger partial charge is 0.454 e. The quantitative estimate of drug-likeness (QED) is 0.0658. The smallest absolute Gasteiger partial charge is 0.231 e. The van der Waals surface area contributed by atoms with Crippen molar-refractivity contribution in [3.8, 4) is 68.0 Å². The van der Waals surface area contributed by atoms with Crippen molar-refractivity contribution in [3.63, 3.8) is 0 Å². The van der Waals surface area contributed by atoms with Gasteiger partial charge in [-0.25, -0.2) is 38.0 Å². The van der Waals surface area contributed by atoms with E-state index in [9.17, 15) is 0 Å². The number of fused-ring (bicyclic) bond motifs is 6. The second-order valence-electron chi connectivity index (χ2n) is 20.3. The molecule has 91 heavy (non-hydrogen) atoms. The molecule has 3 aliphatic heterocycles. The molecule has 0 unspecified atom stereocenters. The van der Waals surface area contributed by atoms with E-state index in [1.165, 1.54) is 0 Å². The van der Waals surface area contributed by atoms with E-state index in [1.54, 1.807) is 106 Å². The maximum absolute atomic E-state index is 8.81. The van der Waals surface area contributed by atoms with Crippen LogP contribution in [0.15, 0.2) is 181 Å². The average molecular weight is 1330 g/mol. The van der Waals surface area contributed by atoms with Gasteiger partial charge in [-0.05, 0) is 128 Å². The van der Waals surface area contributed by atoms with Gasteiger partial charge in [-0.3, -0.25) is 20.4 Å². The van der Waals surface area contributed by atoms with Crippen LogP contribution in [0, 0.1) is 0 Å². The zero-order chi connectivity index (χ0) is 63.5. The minimum atomic E-state index is -1.46. The molecule has 0 atom stereocenters. The van der Waals surface area contributed by atoms with Crippen LogP contribution in [0.5, 0.6) is 23.0 Å². The van der Waals surface area contributed by atoms with Crippen molar-refractivity contribution in [2.45, 2.75) is 38.9 Å². The molecule has 1 fully saturated rings. The zero-order valence-corrected chi connectivity index (χ0v) is 51.7. The summed E-state index contributed by atoms with van der Waals surface area (Å²) in [6.45, 7) is 8.59. The Hall–Kier alpha value is -10.1. The molecule has 35 heteroatoms. The fraction of sp³-hybridized carbons (Fsp3) is 0.143. The van der Waals surface area contributed by atoms with Gasteiger partial charge in [0.2, 0.25) is 13.6 Å². The summed E-state index contributed by atoms with van der Waals surface area (Å²) in [4.78, 5) is 16.7. The van der Waals surface area contributed by atoms with Gasteiger partial charge in [0.1, 0.15) is 9.76 Å². The fourth-order valence-electron chi connectivity index (χ4n) is 8.66. The predicted octanol–water partition coefficient (Wildman–Crippen LogP) is 6.89. The summed E-state index contributed by atoms with van der Waals surface area (Å²) in [7, 11) is 2.57. The summed E-state index contributed by atoms with van der Waals surface area (Å²) in [5.74, 6) is 2.69. The zero-order valence-electron chi connectivity index (χ0n) is 48.5. The van der Waals surface area contributed by atoms with Crippen LogP contribution < -0.4 is 29.9 Å². The monoisotopic (exact) mass is 1320 g/mol. The van der Waals surface area contributed by atoms with Crippen LogP contribution in [0.4, 0.5) is 0 Å². The maximum atomic E-state index is 8.81. The maximum Gasteiger partial charge on any atom is 0.231 e. The minimum absolute atomic E-state index is 0.195. The van der Waals surface area contributed by atoms with Gasteiger partial charge in [-0.2, -0.15) is 40.8 Å². The number of hydrogen-bond donors (Lipinski definition) is 7. The summed E-state index contributed by atoms with van der Waals surface area (Å²) in [6, 6.07) is 25.7. The Balaban J connectivity index is 0.000000113. The minimum Gasteiger partial charge on any atom is -0.454 e. The van der Waals surface area contributed by atoms with E-state index in [-0.39, 0.29) is 31.9 Å². The molecular formula is C56H51B3BrClN21O8S. The van der Waals surface area contributed by atoms with Crippen molar-refractivity contribution in [2.75, 3.05) is 13.6 Å². The molecule has 6 N–H and O–H groups in total. The van der Waals surface area contributed by atoms with Crippen LogP contribution in [-0.4, -0.2) is 156 Å². The number of H-pyrrole nitrogens is 4. The van der Waals surface area contributed by atoms with Gasteiger partial charge in [0.25, 0.3) is 0 Å². The molecule has 14 aromatic rings. The third-order valence-corrected chi connectivity index (χ3v) is 14.7. The molecule has 0 bridgehead atoms. The number of hydrogen-bond acceptors (Lipinski definition) is 22.